The maximum absolute atomic E-state index is 6.92. The summed E-state index contributed by atoms with van der Waals surface area (Å²) >= 11 is 0. The molecule has 0 fully saturated rings. The topological polar surface area (TPSA) is 21.3 Å². The van der Waals surface area contributed by atoms with E-state index in [1.807, 2.05) is 0 Å². The molecule has 3 aliphatic carbocycles. The lowest BCUT2D eigenvalue weighted by Gasteiger charge is -2.32. The zero-order chi connectivity index (χ0) is 51.7. The minimum absolute atomic E-state index is 0.240. The molecule has 4 aliphatic rings. The molecule has 0 saturated heterocycles. The van der Waals surface area contributed by atoms with Crippen LogP contribution in [0.25, 0.3) is 127 Å². The second-order valence-electron chi connectivity index (χ2n) is 21.9. The van der Waals surface area contributed by atoms with Gasteiger partial charge in [0.05, 0.1) is 11.6 Å². The van der Waals surface area contributed by atoms with Crippen LogP contribution in [0.4, 0.5) is 5.69 Å². The zero-order valence-corrected chi connectivity index (χ0v) is 43.6. The Morgan fingerprint density at radius 3 is 1.62 bits per heavy atom. The highest BCUT2D eigenvalue weighted by atomic mass is 16.3. The molecule has 0 bridgehead atoms. The molecule has 0 radical (unpaired) electrons. The Hall–Kier alpha value is -9.70. The number of aromatic nitrogens is 1. The van der Waals surface area contributed by atoms with Gasteiger partial charge in [0.1, 0.15) is 11.2 Å². The molecule has 0 saturated carbocycles. The first kappa shape index (κ1) is 44.4. The number of hydrogen-bond donors (Lipinski definition) is 0. The van der Waals surface area contributed by atoms with Crippen molar-refractivity contribution < 1.29 is 4.42 Å². The number of fused-ring (bicyclic) bond motifs is 12. The van der Waals surface area contributed by atoms with Crippen molar-refractivity contribution in [2.45, 2.75) is 38.1 Å². The first-order valence-electron chi connectivity index (χ1n) is 28.1. The molecule has 79 heavy (non-hydrogen) atoms. The SMILES string of the molecule is C1=CC2=C(CC1)N(c1ccccc1)C1CC=CC(c3c4ccccc4c(-c4ccc5oc6cc(-c7c8ccccc8c(-c8cccc9c8c8c(n9-c9ccccc9)CCC=C8)c8ccccc78)ccc6c5c4)c4ccccc34)=C21. The van der Waals surface area contributed by atoms with E-state index in [2.05, 4.69) is 258 Å². The van der Waals surface area contributed by atoms with Crippen molar-refractivity contribution >= 4 is 93.3 Å². The van der Waals surface area contributed by atoms with Crippen LogP contribution in [0.1, 0.15) is 42.5 Å². The molecule has 1 aliphatic heterocycles. The van der Waals surface area contributed by atoms with Crippen LogP contribution in [-0.2, 0) is 6.42 Å². The minimum atomic E-state index is 0.240. The Morgan fingerprint density at radius 1 is 0.392 bits per heavy atom. The summed E-state index contributed by atoms with van der Waals surface area (Å²) in [6, 6.07) is 79.1. The van der Waals surface area contributed by atoms with Crippen LogP contribution in [-0.4, -0.2) is 10.6 Å². The van der Waals surface area contributed by atoms with Gasteiger partial charge in [0.25, 0.3) is 0 Å². The Bertz CT molecular complexity index is 4810. The third kappa shape index (κ3) is 6.54. The van der Waals surface area contributed by atoms with Crippen molar-refractivity contribution in [3.8, 4) is 39.1 Å². The van der Waals surface area contributed by atoms with E-state index < -0.39 is 0 Å². The molecule has 0 N–H and O–H groups in total. The number of hydrogen-bond acceptors (Lipinski definition) is 2. The van der Waals surface area contributed by atoms with Crippen LogP contribution >= 0.6 is 0 Å². The van der Waals surface area contributed by atoms with E-state index in [1.54, 1.807) is 0 Å². The fourth-order valence-electron chi connectivity index (χ4n) is 14.6. The van der Waals surface area contributed by atoms with Crippen LogP contribution < -0.4 is 4.90 Å². The average Bonchev–Trinajstić information content (AvgIpc) is 4.35. The van der Waals surface area contributed by atoms with E-state index in [0.29, 0.717) is 0 Å². The first-order valence-corrected chi connectivity index (χ1v) is 28.1. The van der Waals surface area contributed by atoms with Gasteiger partial charge in [-0.3, -0.25) is 0 Å². The normalized spacial score (nSPS) is 15.9. The highest BCUT2D eigenvalue weighted by molar-refractivity contribution is 6.25. The molecule has 2 aromatic heterocycles. The lowest BCUT2D eigenvalue weighted by atomic mass is 9.80. The number of benzene rings is 11. The van der Waals surface area contributed by atoms with Gasteiger partial charge in [-0.25, -0.2) is 0 Å². The molecule has 17 rings (SSSR count). The van der Waals surface area contributed by atoms with Gasteiger partial charge >= 0.3 is 0 Å². The average molecular weight is 1010 g/mol. The molecule has 1 unspecified atom stereocenters. The molecular formula is C76H52N2O. The lowest BCUT2D eigenvalue weighted by molar-refractivity contribution is 0.669. The minimum Gasteiger partial charge on any atom is -0.456 e. The standard InChI is InChI=1S/C76H52N2O/c1-3-21-49(22-4-1)77-65-37-17-15-33-60(65)75-62(35-19-39-67(75)77)73-56-29-11-7-25-52(56)71(53-26-8-12-30-57(53)73)47-42-44-69-64(45-47)51-43-41-48(46-70(51)79-69)72-54-27-9-13-31-58(54)74(59-32-14-10-28-55(59)72)63-36-20-40-68-76(63)61-34-16-18-38-66(61)78(68)50-23-5-2-6-24-50/h1-16,19-36,40-46,67H,17-18,37-39H2. The Morgan fingerprint density at radius 2 is 0.949 bits per heavy atom. The summed E-state index contributed by atoms with van der Waals surface area (Å²) in [7, 11) is 0. The molecule has 0 spiro atoms. The van der Waals surface area contributed by atoms with Gasteiger partial charge in [-0.1, -0.05) is 194 Å². The van der Waals surface area contributed by atoms with E-state index in [9.17, 15) is 0 Å². The van der Waals surface area contributed by atoms with Gasteiger partial charge in [-0.2, -0.15) is 0 Å². The lowest BCUT2D eigenvalue weighted by Crippen LogP contribution is -2.31. The molecule has 0 amide bonds. The largest absolute Gasteiger partial charge is 0.456 e. The fourth-order valence-corrected chi connectivity index (χ4v) is 14.6. The van der Waals surface area contributed by atoms with E-state index in [1.165, 1.54) is 132 Å². The smallest absolute Gasteiger partial charge is 0.136 e. The van der Waals surface area contributed by atoms with E-state index in [4.69, 9.17) is 4.42 Å². The van der Waals surface area contributed by atoms with Crippen LogP contribution in [0.3, 0.4) is 0 Å². The highest BCUT2D eigenvalue weighted by Gasteiger charge is 2.39. The van der Waals surface area contributed by atoms with Crippen molar-refractivity contribution in [2.24, 2.45) is 0 Å². The van der Waals surface area contributed by atoms with Gasteiger partial charge in [0.2, 0.25) is 0 Å². The van der Waals surface area contributed by atoms with Crippen LogP contribution in [0.15, 0.2) is 264 Å². The van der Waals surface area contributed by atoms with Gasteiger partial charge in [-0.05, 0) is 185 Å². The van der Waals surface area contributed by atoms with E-state index in [-0.39, 0.29) is 6.04 Å². The molecule has 3 heterocycles. The zero-order valence-electron chi connectivity index (χ0n) is 43.6. The predicted octanol–water partition coefficient (Wildman–Crippen LogP) is 20.3. The van der Waals surface area contributed by atoms with Crippen molar-refractivity contribution in [2.75, 3.05) is 4.90 Å². The van der Waals surface area contributed by atoms with E-state index >= 15 is 0 Å². The molecular weight excluding hydrogens is 957 g/mol. The summed E-state index contributed by atoms with van der Waals surface area (Å²) in [4.78, 5) is 2.64. The number of para-hydroxylation sites is 2. The number of nitrogens with zero attached hydrogens (tertiary/aromatic N) is 2. The second-order valence-corrected chi connectivity index (χ2v) is 21.9. The second kappa shape index (κ2) is 17.4. The first-order chi connectivity index (χ1) is 39.2. The quantitative estimate of drug-likeness (QED) is 0.155. The van der Waals surface area contributed by atoms with Crippen LogP contribution in [0.2, 0.25) is 0 Å². The molecule has 3 nitrogen and oxygen atoms in total. The van der Waals surface area contributed by atoms with E-state index in [0.717, 1.165) is 59.6 Å². The molecule has 13 aromatic rings. The van der Waals surface area contributed by atoms with Crippen LogP contribution in [0, 0.1) is 0 Å². The third-order valence-electron chi connectivity index (χ3n) is 17.8. The van der Waals surface area contributed by atoms with Gasteiger partial charge in [0, 0.05) is 44.5 Å². The highest BCUT2D eigenvalue weighted by Crippen LogP contribution is 2.53. The monoisotopic (exact) mass is 1010 g/mol. The third-order valence-corrected chi connectivity index (χ3v) is 17.8. The van der Waals surface area contributed by atoms with Crippen LogP contribution in [0.5, 0.6) is 0 Å². The summed E-state index contributed by atoms with van der Waals surface area (Å²) in [5.41, 5.74) is 22.5. The van der Waals surface area contributed by atoms with Crippen molar-refractivity contribution in [1.82, 2.24) is 4.57 Å². The molecule has 372 valence electrons. The van der Waals surface area contributed by atoms with Gasteiger partial charge in [0.15, 0.2) is 0 Å². The maximum Gasteiger partial charge on any atom is 0.136 e. The molecule has 1 atom stereocenters. The Balaban J connectivity index is 0.824. The number of rotatable bonds is 6. The number of furan rings is 1. The fraction of sp³-hybridized carbons (Fsp3) is 0.0789. The number of anilines is 1. The summed E-state index contributed by atoms with van der Waals surface area (Å²) < 4.78 is 9.42. The predicted molar refractivity (Wildman–Crippen MR) is 333 cm³/mol. The summed E-state index contributed by atoms with van der Waals surface area (Å²) in [5.74, 6) is 0. The molecule has 11 aromatic carbocycles. The Kier molecular flexibility index (Phi) is 9.79. The molecule has 3 heteroatoms. The summed E-state index contributed by atoms with van der Waals surface area (Å²) in [6.45, 7) is 0. The van der Waals surface area contributed by atoms with Crippen molar-refractivity contribution in [3.63, 3.8) is 0 Å². The van der Waals surface area contributed by atoms with Crippen molar-refractivity contribution in [1.29, 1.82) is 0 Å². The van der Waals surface area contributed by atoms with Gasteiger partial charge in [-0.15, -0.1) is 0 Å². The Labute approximate surface area is 458 Å². The maximum atomic E-state index is 6.92. The number of allylic oxidation sites excluding steroid dienone is 6. The van der Waals surface area contributed by atoms with Gasteiger partial charge < -0.3 is 13.9 Å². The summed E-state index contributed by atoms with van der Waals surface area (Å²) in [6.07, 6.45) is 19.5. The summed E-state index contributed by atoms with van der Waals surface area (Å²) in [5, 5.41) is 13.5. The van der Waals surface area contributed by atoms with Crippen molar-refractivity contribution in [3.05, 3.63) is 276 Å².